The number of carbonyl (C=O) groups is 3. The number of nitrogens with zero attached hydrogens (tertiary/aromatic N) is 1. The van der Waals surface area contributed by atoms with Gasteiger partial charge in [-0.15, -0.1) is 0 Å². The molecule has 9 heteroatoms. The molecular formula is C23H24N2O6S. The number of likely N-dealkylation sites (tertiary alicyclic amines) is 1. The lowest BCUT2D eigenvalue weighted by atomic mass is 9.78. The second kappa shape index (κ2) is 8.48. The third-order valence-electron chi connectivity index (χ3n) is 6.36. The molecule has 2 aromatic rings. The predicted molar refractivity (Wildman–Crippen MR) is 118 cm³/mol. The Bertz CT molecular complexity index is 1060. The molecule has 0 spiro atoms. The largest absolute Gasteiger partial charge is 0.508 e. The molecule has 2 aromatic carbocycles. The van der Waals surface area contributed by atoms with E-state index in [0.29, 0.717) is 5.75 Å². The maximum absolute atomic E-state index is 13.5. The molecule has 0 bridgehead atoms. The number of aromatic hydroxyl groups is 2. The Labute approximate surface area is 189 Å². The maximum Gasteiger partial charge on any atom is 0.324 e. The number of fused-ring (bicyclic) bond motifs is 1. The van der Waals surface area contributed by atoms with Crippen molar-refractivity contribution in [2.24, 2.45) is 11.8 Å². The highest BCUT2D eigenvalue weighted by molar-refractivity contribution is 7.98. The predicted octanol–water partition coefficient (Wildman–Crippen LogP) is 2.12. The molecule has 168 valence electrons. The molecule has 32 heavy (non-hydrogen) atoms. The molecule has 4 N–H and O–H groups in total. The number of carboxylic acids is 1. The number of phenolic OH excluding ortho intramolecular Hbond substituents is 2. The monoisotopic (exact) mass is 456 g/mol. The molecule has 2 aliphatic heterocycles. The number of benzene rings is 2. The van der Waals surface area contributed by atoms with Crippen molar-refractivity contribution in [3.05, 3.63) is 59.7 Å². The minimum absolute atomic E-state index is 0.0536. The highest BCUT2D eigenvalue weighted by Crippen LogP contribution is 2.52. The fourth-order valence-electron chi connectivity index (χ4n) is 4.84. The van der Waals surface area contributed by atoms with E-state index in [4.69, 9.17) is 0 Å². The van der Waals surface area contributed by atoms with E-state index in [2.05, 4.69) is 5.32 Å². The molecule has 2 heterocycles. The molecule has 2 saturated heterocycles. The Kier molecular flexibility index (Phi) is 5.87. The van der Waals surface area contributed by atoms with Gasteiger partial charge in [0.2, 0.25) is 11.8 Å². The molecule has 0 aliphatic carbocycles. The van der Waals surface area contributed by atoms with E-state index in [1.165, 1.54) is 23.9 Å². The molecule has 4 rings (SSSR count). The minimum Gasteiger partial charge on any atom is -0.508 e. The van der Waals surface area contributed by atoms with Gasteiger partial charge < -0.3 is 15.3 Å². The zero-order valence-corrected chi connectivity index (χ0v) is 18.2. The number of thioether (sulfide) groups is 1. The molecule has 0 aromatic heterocycles. The molecule has 4 atom stereocenters. The number of nitrogens with one attached hydrogen (secondary N) is 1. The summed E-state index contributed by atoms with van der Waals surface area (Å²) in [6, 6.07) is 12.1. The van der Waals surface area contributed by atoms with E-state index >= 15 is 0 Å². The van der Waals surface area contributed by atoms with Crippen LogP contribution in [0.5, 0.6) is 11.5 Å². The number of imide groups is 1. The van der Waals surface area contributed by atoms with Gasteiger partial charge in [0.25, 0.3) is 0 Å². The van der Waals surface area contributed by atoms with E-state index in [0.717, 1.165) is 16.5 Å². The topological polar surface area (TPSA) is 127 Å². The first kappa shape index (κ1) is 22.2. The standard InChI is InChI=1S/C23H24N2O6S/c1-32-10-9-23(22(30)31)18-17(19(24-23)15-8-7-14(26)11-16(15)27)20(28)25(21(18)29)12-13-5-3-2-4-6-13/h2-8,11,17-19,24,26-27H,9-10,12H2,1H3,(H,30,31)/t17-,18-,19-,23-/m0/s1. The van der Waals surface area contributed by atoms with Crippen LogP contribution in [0.3, 0.4) is 0 Å². The molecule has 0 radical (unpaired) electrons. The summed E-state index contributed by atoms with van der Waals surface area (Å²) < 4.78 is 0. The molecular weight excluding hydrogens is 432 g/mol. The van der Waals surface area contributed by atoms with Crippen LogP contribution in [-0.2, 0) is 20.9 Å². The Morgan fingerprint density at radius 2 is 1.84 bits per heavy atom. The van der Waals surface area contributed by atoms with Crippen molar-refractivity contribution >= 4 is 29.5 Å². The molecule has 8 nitrogen and oxygen atoms in total. The number of aliphatic carboxylic acids is 1. The van der Waals surface area contributed by atoms with Crippen LogP contribution in [0.4, 0.5) is 0 Å². The molecule has 2 amide bonds. The van der Waals surface area contributed by atoms with Crippen LogP contribution < -0.4 is 5.32 Å². The Morgan fingerprint density at radius 3 is 2.47 bits per heavy atom. The summed E-state index contributed by atoms with van der Waals surface area (Å²) in [6.07, 6.45) is 1.98. The number of amides is 2. The van der Waals surface area contributed by atoms with Gasteiger partial charge in [-0.2, -0.15) is 11.8 Å². The van der Waals surface area contributed by atoms with Gasteiger partial charge >= 0.3 is 5.97 Å². The van der Waals surface area contributed by atoms with E-state index in [-0.39, 0.29) is 30.0 Å². The highest BCUT2D eigenvalue weighted by Gasteiger charge is 2.68. The fourth-order valence-corrected chi connectivity index (χ4v) is 5.37. The quantitative estimate of drug-likeness (QED) is 0.467. The van der Waals surface area contributed by atoms with E-state index in [1.54, 1.807) is 24.3 Å². The van der Waals surface area contributed by atoms with Crippen molar-refractivity contribution in [3.8, 4) is 11.5 Å². The summed E-state index contributed by atoms with van der Waals surface area (Å²) >= 11 is 1.45. The Hall–Kier alpha value is -3.04. The second-order valence-corrected chi connectivity index (χ2v) is 9.12. The lowest BCUT2D eigenvalue weighted by Gasteiger charge is -2.31. The van der Waals surface area contributed by atoms with Crippen LogP contribution in [0.2, 0.25) is 0 Å². The summed E-state index contributed by atoms with van der Waals surface area (Å²) in [4.78, 5) is 40.7. The third-order valence-corrected chi connectivity index (χ3v) is 6.97. The average Bonchev–Trinajstić information content (AvgIpc) is 3.23. The van der Waals surface area contributed by atoms with E-state index < -0.39 is 41.2 Å². The number of carboxylic acid groups (broad SMARTS) is 1. The second-order valence-electron chi connectivity index (χ2n) is 8.14. The summed E-state index contributed by atoms with van der Waals surface area (Å²) in [5.74, 6) is -4.26. The van der Waals surface area contributed by atoms with E-state index in [9.17, 15) is 29.7 Å². The van der Waals surface area contributed by atoms with Gasteiger partial charge in [0.05, 0.1) is 18.4 Å². The van der Waals surface area contributed by atoms with Crippen LogP contribution in [0.15, 0.2) is 48.5 Å². The van der Waals surface area contributed by atoms with Gasteiger partial charge in [0, 0.05) is 17.7 Å². The van der Waals surface area contributed by atoms with Crippen molar-refractivity contribution < 1.29 is 29.7 Å². The summed E-state index contributed by atoms with van der Waals surface area (Å²) in [7, 11) is 0. The fraction of sp³-hybridized carbons (Fsp3) is 0.348. The maximum atomic E-state index is 13.5. The summed E-state index contributed by atoms with van der Waals surface area (Å²) in [6.45, 7) is 0.0536. The first-order chi connectivity index (χ1) is 15.3. The number of hydrogen-bond donors (Lipinski definition) is 4. The van der Waals surface area contributed by atoms with Gasteiger partial charge in [-0.05, 0) is 30.1 Å². The van der Waals surface area contributed by atoms with Crippen LogP contribution in [0, 0.1) is 11.8 Å². The first-order valence-corrected chi connectivity index (χ1v) is 11.6. The summed E-state index contributed by atoms with van der Waals surface area (Å²) in [5, 5.41) is 33.4. The average molecular weight is 457 g/mol. The number of carbonyl (C=O) groups excluding carboxylic acids is 2. The number of phenols is 2. The zero-order chi connectivity index (χ0) is 23.0. The first-order valence-electron chi connectivity index (χ1n) is 10.2. The van der Waals surface area contributed by atoms with Crippen LogP contribution in [0.25, 0.3) is 0 Å². The van der Waals surface area contributed by atoms with Crippen LogP contribution >= 0.6 is 11.8 Å². The Morgan fingerprint density at radius 1 is 1.12 bits per heavy atom. The zero-order valence-electron chi connectivity index (χ0n) is 17.4. The van der Waals surface area contributed by atoms with Gasteiger partial charge in [0.1, 0.15) is 17.0 Å². The third kappa shape index (κ3) is 3.51. The van der Waals surface area contributed by atoms with Gasteiger partial charge in [0.15, 0.2) is 0 Å². The van der Waals surface area contributed by atoms with Gasteiger partial charge in [-0.1, -0.05) is 36.4 Å². The van der Waals surface area contributed by atoms with Crippen molar-refractivity contribution in [1.29, 1.82) is 0 Å². The van der Waals surface area contributed by atoms with Gasteiger partial charge in [-0.25, -0.2) is 0 Å². The van der Waals surface area contributed by atoms with Crippen molar-refractivity contribution in [2.75, 3.05) is 12.0 Å². The van der Waals surface area contributed by atoms with Crippen molar-refractivity contribution in [3.63, 3.8) is 0 Å². The van der Waals surface area contributed by atoms with E-state index in [1.807, 2.05) is 12.3 Å². The van der Waals surface area contributed by atoms with Crippen molar-refractivity contribution in [2.45, 2.75) is 24.5 Å². The highest BCUT2D eigenvalue weighted by atomic mass is 32.2. The lowest BCUT2D eigenvalue weighted by Crippen LogP contribution is -2.56. The smallest absolute Gasteiger partial charge is 0.324 e. The number of hydrogen-bond acceptors (Lipinski definition) is 7. The van der Waals surface area contributed by atoms with Crippen LogP contribution in [-0.4, -0.2) is 55.6 Å². The minimum atomic E-state index is -1.65. The lowest BCUT2D eigenvalue weighted by molar-refractivity contribution is -0.151. The van der Waals surface area contributed by atoms with Crippen LogP contribution in [0.1, 0.15) is 23.6 Å². The Balaban J connectivity index is 1.80. The van der Waals surface area contributed by atoms with Crippen molar-refractivity contribution in [1.82, 2.24) is 10.2 Å². The van der Waals surface area contributed by atoms with Gasteiger partial charge in [-0.3, -0.25) is 24.6 Å². The number of rotatable bonds is 7. The summed E-state index contributed by atoms with van der Waals surface area (Å²) in [5.41, 5.74) is -0.620. The molecule has 2 fully saturated rings. The SMILES string of the molecule is CSCC[C@]1(C(=O)O)N[C@@H](c2ccc(O)cc2O)[C@H]2C(=O)N(Cc3ccccc3)C(=O)[C@H]21. The normalized spacial score (nSPS) is 27.0. The molecule has 0 unspecified atom stereocenters. The molecule has 2 aliphatic rings. The molecule has 0 saturated carbocycles.